The normalized spacial score (nSPS) is 13.2. The van der Waals surface area contributed by atoms with Crippen LogP contribution in [-0.2, 0) is 0 Å². The Hall–Kier alpha value is -1.39. The molecule has 0 aliphatic rings. The fraction of sp³-hybridized carbons (Fsp3) is 0.417. The van der Waals surface area contributed by atoms with Gasteiger partial charge in [-0.05, 0) is 38.1 Å². The minimum absolute atomic E-state index is 0.186. The van der Waals surface area contributed by atoms with E-state index in [1.54, 1.807) is 0 Å². The Labute approximate surface area is 94.7 Å². The first-order valence-electron chi connectivity index (χ1n) is 5.49. The van der Waals surface area contributed by atoms with Crippen LogP contribution in [0.15, 0.2) is 18.2 Å². The molecule has 0 saturated heterocycles. The summed E-state index contributed by atoms with van der Waals surface area (Å²) in [6.45, 7) is 2.13. The fourth-order valence-electron chi connectivity index (χ4n) is 1.98. The van der Waals surface area contributed by atoms with Crippen LogP contribution in [0.5, 0.6) is 0 Å². The van der Waals surface area contributed by atoms with Crippen molar-refractivity contribution in [2.24, 2.45) is 0 Å². The molecule has 4 nitrogen and oxygen atoms in total. The van der Waals surface area contributed by atoms with Gasteiger partial charge in [-0.1, -0.05) is 6.07 Å². The third-order valence-corrected chi connectivity index (χ3v) is 2.79. The summed E-state index contributed by atoms with van der Waals surface area (Å²) < 4.78 is 0. The first-order valence-corrected chi connectivity index (χ1v) is 5.49. The van der Waals surface area contributed by atoms with Gasteiger partial charge in [0.25, 0.3) is 0 Å². The molecule has 1 aromatic heterocycles. The van der Waals surface area contributed by atoms with Crippen LogP contribution in [0.4, 0.5) is 0 Å². The van der Waals surface area contributed by atoms with Gasteiger partial charge in [0, 0.05) is 12.6 Å². The summed E-state index contributed by atoms with van der Waals surface area (Å²) in [4.78, 5) is 7.58. The molecule has 16 heavy (non-hydrogen) atoms. The number of aromatic nitrogens is 2. The molecule has 1 atom stereocenters. The number of imidazole rings is 1. The lowest BCUT2D eigenvalue weighted by atomic mass is 10.0. The molecular formula is C12H17N3O. The van der Waals surface area contributed by atoms with E-state index in [-0.39, 0.29) is 12.6 Å². The van der Waals surface area contributed by atoms with Crippen LogP contribution >= 0.6 is 0 Å². The van der Waals surface area contributed by atoms with E-state index in [0.29, 0.717) is 0 Å². The first-order chi connectivity index (χ1) is 7.74. The number of hydrogen-bond donors (Lipinski definition) is 3. The van der Waals surface area contributed by atoms with E-state index in [2.05, 4.69) is 27.4 Å². The molecule has 0 amide bonds. The lowest BCUT2D eigenvalue weighted by Gasteiger charge is -2.14. The van der Waals surface area contributed by atoms with Crippen LogP contribution < -0.4 is 5.32 Å². The number of nitrogens with zero attached hydrogens (tertiary/aromatic N) is 1. The topological polar surface area (TPSA) is 60.9 Å². The zero-order valence-corrected chi connectivity index (χ0v) is 9.62. The summed E-state index contributed by atoms with van der Waals surface area (Å²) in [5, 5.41) is 12.2. The van der Waals surface area contributed by atoms with Gasteiger partial charge in [-0.3, -0.25) is 0 Å². The van der Waals surface area contributed by atoms with Gasteiger partial charge >= 0.3 is 0 Å². The summed E-state index contributed by atoms with van der Waals surface area (Å²) >= 11 is 0. The van der Waals surface area contributed by atoms with Crippen LogP contribution in [0.2, 0.25) is 0 Å². The van der Waals surface area contributed by atoms with Gasteiger partial charge in [-0.15, -0.1) is 0 Å². The molecule has 0 bridgehead atoms. The van der Waals surface area contributed by atoms with Crippen molar-refractivity contribution in [2.45, 2.75) is 19.4 Å². The number of aryl methyl sites for hydroxylation is 1. The van der Waals surface area contributed by atoms with Crippen LogP contribution in [0.3, 0.4) is 0 Å². The van der Waals surface area contributed by atoms with Gasteiger partial charge in [0.1, 0.15) is 5.82 Å². The number of benzene rings is 1. The van der Waals surface area contributed by atoms with Crippen LogP contribution in [0.25, 0.3) is 11.0 Å². The second kappa shape index (κ2) is 4.63. The number of fused-ring (bicyclic) bond motifs is 1. The van der Waals surface area contributed by atoms with Gasteiger partial charge in [0.05, 0.1) is 11.0 Å². The Kier molecular flexibility index (Phi) is 3.22. The highest BCUT2D eigenvalue weighted by Crippen LogP contribution is 2.20. The Balaban J connectivity index is 2.36. The van der Waals surface area contributed by atoms with E-state index >= 15 is 0 Å². The second-order valence-electron chi connectivity index (χ2n) is 3.95. The number of H-pyrrole nitrogens is 1. The van der Waals surface area contributed by atoms with Crippen molar-refractivity contribution in [3.63, 3.8) is 0 Å². The maximum atomic E-state index is 8.99. The van der Waals surface area contributed by atoms with E-state index in [1.165, 1.54) is 5.56 Å². The second-order valence-corrected chi connectivity index (χ2v) is 3.95. The molecule has 0 aliphatic carbocycles. The van der Waals surface area contributed by atoms with Gasteiger partial charge in [-0.2, -0.15) is 0 Å². The van der Waals surface area contributed by atoms with Crippen molar-refractivity contribution in [3.8, 4) is 0 Å². The lowest BCUT2D eigenvalue weighted by Crippen LogP contribution is -2.17. The SMILES string of the molecule is CNC(CCO)c1ccc2nc(C)[nH]c2c1. The first kappa shape index (κ1) is 11.1. The molecule has 2 rings (SSSR count). The van der Waals surface area contributed by atoms with Crippen LogP contribution in [-0.4, -0.2) is 28.7 Å². The molecule has 1 heterocycles. The van der Waals surface area contributed by atoms with Crippen molar-refractivity contribution in [1.82, 2.24) is 15.3 Å². The van der Waals surface area contributed by atoms with E-state index in [1.807, 2.05) is 20.0 Å². The maximum Gasteiger partial charge on any atom is 0.104 e. The van der Waals surface area contributed by atoms with Gasteiger partial charge < -0.3 is 15.4 Å². The molecule has 1 unspecified atom stereocenters. The average Bonchev–Trinajstić information content (AvgIpc) is 2.64. The fourth-order valence-corrected chi connectivity index (χ4v) is 1.98. The Morgan fingerprint density at radius 1 is 1.50 bits per heavy atom. The number of hydrogen-bond acceptors (Lipinski definition) is 3. The Morgan fingerprint density at radius 3 is 3.00 bits per heavy atom. The van der Waals surface area contributed by atoms with E-state index in [9.17, 15) is 0 Å². The maximum absolute atomic E-state index is 8.99. The molecular weight excluding hydrogens is 202 g/mol. The molecule has 1 aromatic carbocycles. The molecule has 0 fully saturated rings. The highest BCUT2D eigenvalue weighted by molar-refractivity contribution is 5.75. The summed E-state index contributed by atoms with van der Waals surface area (Å²) in [7, 11) is 1.91. The molecule has 0 saturated carbocycles. The minimum Gasteiger partial charge on any atom is -0.396 e. The predicted octanol–water partition coefficient (Wildman–Crippen LogP) is 1.51. The van der Waals surface area contributed by atoms with E-state index in [4.69, 9.17) is 5.11 Å². The summed E-state index contributed by atoms with van der Waals surface area (Å²) in [5.41, 5.74) is 3.21. The van der Waals surface area contributed by atoms with Crippen molar-refractivity contribution in [3.05, 3.63) is 29.6 Å². The highest BCUT2D eigenvalue weighted by Gasteiger charge is 2.09. The van der Waals surface area contributed by atoms with Gasteiger partial charge in [-0.25, -0.2) is 4.98 Å². The third-order valence-electron chi connectivity index (χ3n) is 2.79. The van der Waals surface area contributed by atoms with Crippen LogP contribution in [0.1, 0.15) is 23.9 Å². The predicted molar refractivity (Wildman–Crippen MR) is 64.3 cm³/mol. The van der Waals surface area contributed by atoms with Gasteiger partial charge in [0.15, 0.2) is 0 Å². The van der Waals surface area contributed by atoms with Crippen molar-refractivity contribution >= 4 is 11.0 Å². The summed E-state index contributed by atoms with van der Waals surface area (Å²) in [6, 6.07) is 6.35. The zero-order valence-electron chi connectivity index (χ0n) is 9.62. The van der Waals surface area contributed by atoms with Crippen molar-refractivity contribution in [1.29, 1.82) is 0 Å². The third kappa shape index (κ3) is 2.08. The average molecular weight is 219 g/mol. The molecule has 0 spiro atoms. The monoisotopic (exact) mass is 219 g/mol. The van der Waals surface area contributed by atoms with Crippen LogP contribution in [0, 0.1) is 6.92 Å². The molecule has 2 aromatic rings. The van der Waals surface area contributed by atoms with E-state index in [0.717, 1.165) is 23.3 Å². The highest BCUT2D eigenvalue weighted by atomic mass is 16.3. The zero-order chi connectivity index (χ0) is 11.5. The molecule has 86 valence electrons. The Bertz CT molecular complexity index is 478. The standard InChI is InChI=1S/C12H17N3O/c1-8-14-11-4-3-9(7-12(11)15-8)10(13-2)5-6-16/h3-4,7,10,13,16H,5-6H2,1-2H3,(H,14,15). The summed E-state index contributed by atoms with van der Waals surface area (Å²) in [5.74, 6) is 0.926. The Morgan fingerprint density at radius 2 is 2.31 bits per heavy atom. The number of nitrogens with one attached hydrogen (secondary N) is 2. The molecule has 4 heteroatoms. The van der Waals surface area contributed by atoms with Gasteiger partial charge in [0.2, 0.25) is 0 Å². The number of aliphatic hydroxyl groups excluding tert-OH is 1. The minimum atomic E-state index is 0.186. The molecule has 3 N–H and O–H groups in total. The largest absolute Gasteiger partial charge is 0.396 e. The molecule has 0 radical (unpaired) electrons. The lowest BCUT2D eigenvalue weighted by molar-refractivity contribution is 0.269. The number of aliphatic hydroxyl groups is 1. The van der Waals surface area contributed by atoms with Crippen molar-refractivity contribution in [2.75, 3.05) is 13.7 Å². The number of rotatable bonds is 4. The number of aromatic amines is 1. The molecule has 0 aliphatic heterocycles. The summed E-state index contributed by atoms with van der Waals surface area (Å²) in [6.07, 6.45) is 0.717. The van der Waals surface area contributed by atoms with Crippen molar-refractivity contribution < 1.29 is 5.11 Å². The quantitative estimate of drug-likeness (QED) is 0.730. The van der Waals surface area contributed by atoms with E-state index < -0.39 is 0 Å². The smallest absolute Gasteiger partial charge is 0.104 e.